The lowest BCUT2D eigenvalue weighted by molar-refractivity contribution is -0.148. The Morgan fingerprint density at radius 1 is 1.24 bits per heavy atom. The lowest BCUT2D eigenvalue weighted by atomic mass is 9.92. The Labute approximate surface area is 190 Å². The van der Waals surface area contributed by atoms with Gasteiger partial charge in [-0.2, -0.15) is 4.98 Å². The molecule has 0 saturated carbocycles. The number of carbonyl (C=O) groups excluding carboxylic acids is 3. The van der Waals surface area contributed by atoms with Crippen molar-refractivity contribution in [1.82, 2.24) is 9.97 Å². The first-order valence-electron chi connectivity index (χ1n) is 11.1. The summed E-state index contributed by atoms with van der Waals surface area (Å²) in [4.78, 5) is 59.3. The van der Waals surface area contributed by atoms with Gasteiger partial charge in [-0.25, -0.2) is 0 Å². The van der Waals surface area contributed by atoms with Crippen molar-refractivity contribution in [2.75, 3.05) is 35.2 Å². The molecule has 0 bridgehead atoms. The lowest BCUT2D eigenvalue weighted by Gasteiger charge is -2.32. The number of nitrogens with one attached hydrogen (secondary N) is 3. The molecule has 0 spiro atoms. The minimum Gasteiger partial charge on any atom is -0.466 e. The largest absolute Gasteiger partial charge is 0.466 e. The number of benzene rings is 1. The van der Waals surface area contributed by atoms with E-state index in [0.717, 1.165) is 5.56 Å². The number of aromatic nitrogens is 2. The van der Waals surface area contributed by atoms with Crippen molar-refractivity contribution < 1.29 is 19.1 Å². The van der Waals surface area contributed by atoms with Crippen molar-refractivity contribution >= 4 is 35.2 Å². The van der Waals surface area contributed by atoms with Gasteiger partial charge in [-0.15, -0.1) is 0 Å². The maximum atomic E-state index is 13.0. The van der Waals surface area contributed by atoms with E-state index < -0.39 is 17.4 Å². The maximum absolute atomic E-state index is 13.0. The van der Waals surface area contributed by atoms with Gasteiger partial charge >= 0.3 is 5.97 Å². The molecule has 2 aliphatic rings. The second-order valence-electron chi connectivity index (χ2n) is 8.33. The molecule has 0 unspecified atom stereocenters. The number of esters is 1. The van der Waals surface area contributed by atoms with Crippen LogP contribution in [0.5, 0.6) is 0 Å². The number of nitrogens with zero attached hydrogens (tertiary/aromatic N) is 2. The Kier molecular flexibility index (Phi) is 6.43. The molecule has 3 N–H and O–H groups in total. The second kappa shape index (κ2) is 9.43. The molecule has 3 heterocycles. The molecule has 0 radical (unpaired) electrons. The molecular formula is C23H27N5O5. The van der Waals surface area contributed by atoms with E-state index in [1.807, 2.05) is 30.0 Å². The van der Waals surface area contributed by atoms with E-state index in [-0.39, 0.29) is 35.6 Å². The standard InChI is InChI=1S/C23H27N5O5/c1-3-33-22(32)14-7-9-28(10-8-14)23-26-19-18(21(31)27-23)16(12-17(29)25-19)20(30)24-15-6-4-5-13(2)11-15/h4-6,11,14,16H,3,7-10,12H2,1-2H3,(H,24,30)(H2,25,26,27,29,31)/t16-/m0/s1. The first-order chi connectivity index (χ1) is 15.9. The molecule has 174 valence electrons. The number of aromatic amines is 1. The van der Waals surface area contributed by atoms with E-state index in [1.54, 1.807) is 13.0 Å². The van der Waals surface area contributed by atoms with Crippen LogP contribution in [0.4, 0.5) is 17.5 Å². The zero-order chi connectivity index (χ0) is 23.5. The highest BCUT2D eigenvalue weighted by Crippen LogP contribution is 2.31. The molecule has 4 rings (SSSR count). The second-order valence-corrected chi connectivity index (χ2v) is 8.33. The van der Waals surface area contributed by atoms with E-state index in [4.69, 9.17) is 4.74 Å². The van der Waals surface area contributed by atoms with Gasteiger partial charge in [0.25, 0.3) is 5.56 Å². The fraction of sp³-hybridized carbons (Fsp3) is 0.435. The summed E-state index contributed by atoms with van der Waals surface area (Å²) < 4.78 is 5.09. The number of aryl methyl sites for hydroxylation is 1. The van der Waals surface area contributed by atoms with Gasteiger partial charge in [0, 0.05) is 25.2 Å². The number of H-pyrrole nitrogens is 1. The summed E-state index contributed by atoms with van der Waals surface area (Å²) in [6.07, 6.45) is 1.01. The van der Waals surface area contributed by atoms with E-state index in [2.05, 4.69) is 20.6 Å². The number of amides is 2. The van der Waals surface area contributed by atoms with Gasteiger partial charge in [-0.1, -0.05) is 12.1 Å². The Hall–Kier alpha value is -3.69. The highest BCUT2D eigenvalue weighted by Gasteiger charge is 2.36. The predicted octanol–water partition coefficient (Wildman–Crippen LogP) is 1.92. The van der Waals surface area contributed by atoms with Crippen LogP contribution in [0.2, 0.25) is 0 Å². The molecule has 1 saturated heterocycles. The molecule has 33 heavy (non-hydrogen) atoms. The van der Waals surface area contributed by atoms with Crippen LogP contribution in [-0.4, -0.2) is 47.4 Å². The summed E-state index contributed by atoms with van der Waals surface area (Å²) in [6, 6.07) is 7.29. The number of piperidine rings is 1. The van der Waals surface area contributed by atoms with Gasteiger partial charge < -0.3 is 20.3 Å². The van der Waals surface area contributed by atoms with Crippen molar-refractivity contribution in [3.05, 3.63) is 45.7 Å². The van der Waals surface area contributed by atoms with Crippen molar-refractivity contribution in [2.24, 2.45) is 5.92 Å². The Morgan fingerprint density at radius 2 is 2.00 bits per heavy atom. The number of carbonyl (C=O) groups is 3. The molecule has 10 nitrogen and oxygen atoms in total. The fourth-order valence-electron chi connectivity index (χ4n) is 4.27. The quantitative estimate of drug-likeness (QED) is 0.589. The molecule has 1 aromatic carbocycles. The molecular weight excluding hydrogens is 426 g/mol. The van der Waals surface area contributed by atoms with E-state index >= 15 is 0 Å². The number of ether oxygens (including phenoxy) is 1. The normalized spacial score (nSPS) is 18.3. The number of rotatable bonds is 5. The highest BCUT2D eigenvalue weighted by molar-refractivity contribution is 6.04. The zero-order valence-corrected chi connectivity index (χ0v) is 18.6. The summed E-state index contributed by atoms with van der Waals surface area (Å²) in [5.74, 6) is -1.75. The average molecular weight is 453 g/mol. The zero-order valence-electron chi connectivity index (χ0n) is 18.6. The third-order valence-corrected chi connectivity index (χ3v) is 5.96. The molecule has 0 aliphatic carbocycles. The fourth-order valence-corrected chi connectivity index (χ4v) is 4.27. The minimum absolute atomic E-state index is 0.0990. The Morgan fingerprint density at radius 3 is 2.70 bits per heavy atom. The van der Waals surface area contributed by atoms with Gasteiger partial charge in [0.2, 0.25) is 17.8 Å². The number of fused-ring (bicyclic) bond motifs is 1. The molecule has 1 atom stereocenters. The first-order valence-corrected chi connectivity index (χ1v) is 11.1. The summed E-state index contributed by atoms with van der Waals surface area (Å²) >= 11 is 0. The van der Waals surface area contributed by atoms with Crippen molar-refractivity contribution in [3.63, 3.8) is 0 Å². The van der Waals surface area contributed by atoms with Crippen LogP contribution in [0, 0.1) is 12.8 Å². The van der Waals surface area contributed by atoms with Crippen LogP contribution in [0.15, 0.2) is 29.1 Å². The van der Waals surface area contributed by atoms with Crippen molar-refractivity contribution in [3.8, 4) is 0 Å². The molecule has 1 aromatic heterocycles. The predicted molar refractivity (Wildman–Crippen MR) is 122 cm³/mol. The third-order valence-electron chi connectivity index (χ3n) is 5.96. The van der Waals surface area contributed by atoms with Crippen LogP contribution in [0.25, 0.3) is 0 Å². The topological polar surface area (TPSA) is 133 Å². The number of anilines is 3. The maximum Gasteiger partial charge on any atom is 0.309 e. The summed E-state index contributed by atoms with van der Waals surface area (Å²) in [7, 11) is 0. The smallest absolute Gasteiger partial charge is 0.309 e. The lowest BCUT2D eigenvalue weighted by Crippen LogP contribution is -2.41. The summed E-state index contributed by atoms with van der Waals surface area (Å²) in [6.45, 7) is 5.05. The van der Waals surface area contributed by atoms with Gasteiger partial charge in [-0.3, -0.25) is 24.2 Å². The SMILES string of the molecule is CCOC(=O)C1CCN(c2nc3c(c(=O)[nH]2)[C@@H](C(=O)Nc2cccc(C)c2)CC(=O)N3)CC1. The molecule has 2 aliphatic heterocycles. The first kappa shape index (κ1) is 22.5. The van der Waals surface area contributed by atoms with Crippen molar-refractivity contribution in [1.29, 1.82) is 0 Å². The van der Waals surface area contributed by atoms with Crippen LogP contribution in [0.3, 0.4) is 0 Å². The Bertz CT molecular complexity index is 1140. The van der Waals surface area contributed by atoms with Crippen LogP contribution in [-0.2, 0) is 19.1 Å². The van der Waals surface area contributed by atoms with Crippen LogP contribution in [0.1, 0.15) is 43.2 Å². The molecule has 2 aromatic rings. The van der Waals surface area contributed by atoms with E-state index in [1.165, 1.54) is 0 Å². The monoisotopic (exact) mass is 453 g/mol. The number of hydrogen-bond acceptors (Lipinski definition) is 7. The summed E-state index contributed by atoms with van der Waals surface area (Å²) in [5, 5.41) is 5.42. The van der Waals surface area contributed by atoms with Gasteiger partial charge in [0.15, 0.2) is 0 Å². The van der Waals surface area contributed by atoms with Gasteiger partial charge in [-0.05, 0) is 44.4 Å². The molecule has 10 heteroatoms. The Balaban J connectivity index is 1.54. The molecule has 1 fully saturated rings. The third kappa shape index (κ3) is 4.89. The van der Waals surface area contributed by atoms with Gasteiger partial charge in [0.1, 0.15) is 5.82 Å². The minimum atomic E-state index is -0.950. The molecule has 2 amide bonds. The van der Waals surface area contributed by atoms with E-state index in [0.29, 0.717) is 44.2 Å². The van der Waals surface area contributed by atoms with E-state index in [9.17, 15) is 19.2 Å². The summed E-state index contributed by atoms with van der Waals surface area (Å²) in [5.41, 5.74) is 1.25. The van der Waals surface area contributed by atoms with Crippen LogP contribution < -0.4 is 21.1 Å². The highest BCUT2D eigenvalue weighted by atomic mass is 16.5. The average Bonchev–Trinajstić information content (AvgIpc) is 2.78. The van der Waals surface area contributed by atoms with Crippen molar-refractivity contribution in [2.45, 2.75) is 39.0 Å². The van der Waals surface area contributed by atoms with Crippen LogP contribution >= 0.6 is 0 Å². The number of hydrogen-bond donors (Lipinski definition) is 3. The van der Waals surface area contributed by atoms with Gasteiger partial charge in [0.05, 0.1) is 24.0 Å².